The zero-order valence-corrected chi connectivity index (χ0v) is 13.3. The van der Waals surface area contributed by atoms with Crippen LogP contribution in [-0.4, -0.2) is 28.8 Å². The summed E-state index contributed by atoms with van der Waals surface area (Å²) < 4.78 is 42.5. The largest absolute Gasteiger partial charge is 0.337 e. The van der Waals surface area contributed by atoms with E-state index < -0.39 is 15.8 Å². The number of hydrogen-bond donors (Lipinski definition) is 0. The zero-order valence-electron chi connectivity index (χ0n) is 12.5. The molecule has 5 nitrogen and oxygen atoms in total. The van der Waals surface area contributed by atoms with Crippen LogP contribution in [0.1, 0.15) is 30.3 Å². The second-order valence-electron chi connectivity index (χ2n) is 5.58. The van der Waals surface area contributed by atoms with Crippen molar-refractivity contribution in [3.63, 3.8) is 0 Å². The fourth-order valence-corrected chi connectivity index (χ4v) is 4.88. The number of imidazole rings is 1. The quantitative estimate of drug-likeness (QED) is 0.871. The number of sulfonamides is 1. The molecule has 1 aromatic heterocycles. The Hall–Kier alpha value is -1.73. The number of rotatable bonds is 3. The van der Waals surface area contributed by atoms with E-state index in [2.05, 4.69) is 4.98 Å². The van der Waals surface area contributed by atoms with Gasteiger partial charge in [-0.15, -0.1) is 0 Å². The van der Waals surface area contributed by atoms with Gasteiger partial charge in [-0.25, -0.2) is 17.8 Å². The van der Waals surface area contributed by atoms with Gasteiger partial charge in [0.05, 0.1) is 10.9 Å². The highest BCUT2D eigenvalue weighted by Crippen LogP contribution is 2.36. The average molecular weight is 323 g/mol. The first-order chi connectivity index (χ1) is 10.4. The van der Waals surface area contributed by atoms with Crippen molar-refractivity contribution < 1.29 is 12.8 Å². The van der Waals surface area contributed by atoms with Gasteiger partial charge in [-0.05, 0) is 43.5 Å². The molecule has 0 amide bonds. The van der Waals surface area contributed by atoms with Crippen molar-refractivity contribution in [2.75, 3.05) is 6.54 Å². The molecule has 3 rings (SSSR count). The molecule has 1 atom stereocenters. The highest BCUT2D eigenvalue weighted by atomic mass is 32.2. The molecule has 2 heterocycles. The van der Waals surface area contributed by atoms with Gasteiger partial charge in [0.25, 0.3) is 0 Å². The molecule has 118 valence electrons. The topological polar surface area (TPSA) is 55.2 Å². The third-order valence-electron chi connectivity index (χ3n) is 4.08. The van der Waals surface area contributed by atoms with Crippen LogP contribution >= 0.6 is 0 Å². The molecular formula is C15H18FN3O2S. The van der Waals surface area contributed by atoms with E-state index >= 15 is 0 Å². The molecule has 1 aromatic carbocycles. The maximum atomic E-state index is 13.2. The summed E-state index contributed by atoms with van der Waals surface area (Å²) in [5.41, 5.74) is 0.422. The molecule has 1 saturated heterocycles. The van der Waals surface area contributed by atoms with E-state index in [-0.39, 0.29) is 10.9 Å². The van der Waals surface area contributed by atoms with Crippen molar-refractivity contribution >= 4 is 10.0 Å². The second kappa shape index (κ2) is 5.48. The van der Waals surface area contributed by atoms with Gasteiger partial charge < -0.3 is 4.57 Å². The lowest BCUT2D eigenvalue weighted by Gasteiger charge is -2.24. The average Bonchev–Trinajstić information content (AvgIpc) is 3.06. The molecule has 0 spiro atoms. The van der Waals surface area contributed by atoms with Gasteiger partial charge in [-0.2, -0.15) is 4.31 Å². The lowest BCUT2D eigenvalue weighted by molar-refractivity contribution is 0.377. The molecule has 0 radical (unpaired) electrons. The Labute approximate surface area is 129 Å². The summed E-state index contributed by atoms with van der Waals surface area (Å²) in [5.74, 6) is 0.305. The number of aromatic nitrogens is 2. The predicted molar refractivity (Wildman–Crippen MR) is 80.2 cm³/mol. The van der Waals surface area contributed by atoms with E-state index in [1.165, 1.54) is 22.5 Å². The molecule has 1 aliphatic rings. The van der Waals surface area contributed by atoms with Crippen molar-refractivity contribution in [1.29, 1.82) is 0 Å². The van der Waals surface area contributed by atoms with Crippen LogP contribution in [-0.2, 0) is 17.1 Å². The predicted octanol–water partition coefficient (Wildman–Crippen LogP) is 2.39. The van der Waals surface area contributed by atoms with Gasteiger partial charge in [0, 0.05) is 26.0 Å². The Morgan fingerprint density at radius 1 is 1.36 bits per heavy atom. The molecule has 0 unspecified atom stereocenters. The van der Waals surface area contributed by atoms with Gasteiger partial charge >= 0.3 is 0 Å². The van der Waals surface area contributed by atoms with Crippen LogP contribution in [0, 0.1) is 12.7 Å². The number of benzene rings is 1. The third kappa shape index (κ3) is 2.44. The van der Waals surface area contributed by atoms with E-state index in [0.29, 0.717) is 12.1 Å². The fraction of sp³-hybridized carbons (Fsp3) is 0.400. The zero-order chi connectivity index (χ0) is 15.9. The van der Waals surface area contributed by atoms with Gasteiger partial charge in [0.1, 0.15) is 11.6 Å². The van der Waals surface area contributed by atoms with Crippen LogP contribution in [0.2, 0.25) is 0 Å². The maximum Gasteiger partial charge on any atom is 0.244 e. The standard InChI is InChI=1S/C15H18FN3O2S/c1-11-10-12(16)5-6-14(11)22(20,21)19-8-3-4-13(19)15-17-7-9-18(15)2/h5-7,9-10,13H,3-4,8H2,1-2H3/t13-/m0/s1. The Balaban J connectivity index is 2.03. The summed E-state index contributed by atoms with van der Waals surface area (Å²) in [4.78, 5) is 4.45. The van der Waals surface area contributed by atoms with Crippen molar-refractivity contribution in [1.82, 2.24) is 13.9 Å². The van der Waals surface area contributed by atoms with Crippen LogP contribution in [0.3, 0.4) is 0 Å². The summed E-state index contributed by atoms with van der Waals surface area (Å²) in [7, 11) is -1.81. The Bertz CT molecular complexity index is 801. The summed E-state index contributed by atoms with van der Waals surface area (Å²) in [6.45, 7) is 2.07. The normalized spacial score (nSPS) is 19.7. The highest BCUT2D eigenvalue weighted by molar-refractivity contribution is 7.89. The lowest BCUT2D eigenvalue weighted by Crippen LogP contribution is -2.32. The summed E-state index contributed by atoms with van der Waals surface area (Å²) >= 11 is 0. The van der Waals surface area contributed by atoms with E-state index in [4.69, 9.17) is 0 Å². The van der Waals surface area contributed by atoms with Gasteiger partial charge in [-0.3, -0.25) is 0 Å². The molecular weight excluding hydrogens is 305 g/mol. The number of hydrogen-bond acceptors (Lipinski definition) is 3. The van der Waals surface area contributed by atoms with Crippen LogP contribution in [0.4, 0.5) is 4.39 Å². The maximum absolute atomic E-state index is 13.2. The van der Waals surface area contributed by atoms with Crippen molar-refractivity contribution in [2.45, 2.75) is 30.7 Å². The minimum atomic E-state index is -3.66. The molecule has 22 heavy (non-hydrogen) atoms. The van der Waals surface area contributed by atoms with Crippen molar-refractivity contribution in [2.24, 2.45) is 7.05 Å². The minimum Gasteiger partial charge on any atom is -0.337 e. The van der Waals surface area contributed by atoms with Crippen molar-refractivity contribution in [3.05, 3.63) is 47.8 Å². The van der Waals surface area contributed by atoms with E-state index in [1.807, 2.05) is 17.8 Å². The van der Waals surface area contributed by atoms with Crippen LogP contribution in [0.5, 0.6) is 0 Å². The molecule has 0 aliphatic carbocycles. The number of halogens is 1. The Morgan fingerprint density at radius 2 is 2.14 bits per heavy atom. The molecule has 0 bridgehead atoms. The number of aryl methyl sites for hydroxylation is 2. The van der Waals surface area contributed by atoms with Gasteiger partial charge in [-0.1, -0.05) is 0 Å². The smallest absolute Gasteiger partial charge is 0.244 e. The fourth-order valence-electron chi connectivity index (χ4n) is 3.01. The summed E-state index contributed by atoms with van der Waals surface area (Å²) in [5, 5.41) is 0. The molecule has 7 heteroatoms. The third-order valence-corrected chi connectivity index (χ3v) is 6.15. The van der Waals surface area contributed by atoms with E-state index in [9.17, 15) is 12.8 Å². The van der Waals surface area contributed by atoms with Gasteiger partial charge in [0.2, 0.25) is 10.0 Å². The Kier molecular flexibility index (Phi) is 3.78. The lowest BCUT2D eigenvalue weighted by atomic mass is 10.2. The van der Waals surface area contributed by atoms with Crippen LogP contribution in [0.15, 0.2) is 35.5 Å². The molecule has 1 aliphatic heterocycles. The first-order valence-electron chi connectivity index (χ1n) is 7.16. The number of nitrogens with zero attached hydrogens (tertiary/aromatic N) is 3. The van der Waals surface area contributed by atoms with Crippen LogP contribution < -0.4 is 0 Å². The molecule has 1 fully saturated rings. The second-order valence-corrected chi connectivity index (χ2v) is 7.44. The van der Waals surface area contributed by atoms with Crippen molar-refractivity contribution in [3.8, 4) is 0 Å². The van der Waals surface area contributed by atoms with E-state index in [0.717, 1.165) is 18.7 Å². The minimum absolute atomic E-state index is 0.162. The summed E-state index contributed by atoms with van der Waals surface area (Å²) in [6, 6.07) is 3.51. The highest BCUT2D eigenvalue weighted by Gasteiger charge is 2.38. The molecule has 2 aromatic rings. The van der Waals surface area contributed by atoms with Gasteiger partial charge in [0.15, 0.2) is 0 Å². The molecule has 0 saturated carbocycles. The van der Waals surface area contributed by atoms with Crippen LogP contribution in [0.25, 0.3) is 0 Å². The monoisotopic (exact) mass is 323 g/mol. The first-order valence-corrected chi connectivity index (χ1v) is 8.60. The van der Waals surface area contributed by atoms with E-state index in [1.54, 1.807) is 13.1 Å². The first kappa shape index (κ1) is 15.2. The molecule has 0 N–H and O–H groups in total. The Morgan fingerprint density at radius 3 is 2.77 bits per heavy atom. The summed E-state index contributed by atoms with van der Waals surface area (Å²) in [6.07, 6.45) is 5.00. The SMILES string of the molecule is Cc1cc(F)ccc1S(=O)(=O)N1CCC[C@H]1c1nccn1C.